The maximum atomic E-state index is 3.72. The van der Waals surface area contributed by atoms with E-state index in [0.717, 1.165) is 0 Å². The lowest BCUT2D eigenvalue weighted by Crippen LogP contribution is -2.12. The summed E-state index contributed by atoms with van der Waals surface area (Å²) >= 11 is 0. The first-order valence-electron chi connectivity index (χ1n) is 5.12. The zero-order chi connectivity index (χ0) is 12.0. The lowest BCUT2D eigenvalue weighted by Gasteiger charge is -2.30. The Morgan fingerprint density at radius 3 is 0.750 bits per heavy atom. The topological polar surface area (TPSA) is 0 Å². The highest BCUT2D eigenvalue weighted by Gasteiger charge is 2.27. The normalized spacial score (nSPS) is 13.5. The summed E-state index contributed by atoms with van der Waals surface area (Å²) in [6, 6.07) is 0. The third-order valence-corrected chi connectivity index (χ3v) is 2.30. The van der Waals surface area contributed by atoms with Gasteiger partial charge in [-0.3, -0.25) is 0 Å². The molecule has 0 N–H and O–H groups in total. The van der Waals surface area contributed by atoms with Crippen LogP contribution in [0.25, 0.3) is 0 Å². The molecule has 0 amide bonds. The minimum atomic E-state index is 1.17. The Labute approximate surface area is 97.7 Å². The van der Waals surface area contributed by atoms with Gasteiger partial charge in [0.2, 0.25) is 0 Å². The molecule has 0 aromatic heterocycles. The second-order valence-corrected chi connectivity index (χ2v) is 3.26. The SMILES string of the molecule is C=CC=C1C(=CC=C)C(=CC=C)C1=CC=C. The molecule has 0 saturated heterocycles. The third kappa shape index (κ3) is 2.12. The van der Waals surface area contributed by atoms with Gasteiger partial charge in [0.25, 0.3) is 0 Å². The molecule has 0 heteroatoms. The Hall–Kier alpha value is -2.08. The fourth-order valence-corrected chi connectivity index (χ4v) is 1.71. The van der Waals surface area contributed by atoms with Gasteiger partial charge < -0.3 is 0 Å². The van der Waals surface area contributed by atoms with Crippen molar-refractivity contribution in [3.63, 3.8) is 0 Å². The van der Waals surface area contributed by atoms with Gasteiger partial charge in [0.05, 0.1) is 0 Å². The minimum absolute atomic E-state index is 1.17. The molecule has 0 aromatic rings. The molecule has 0 radical (unpaired) electrons. The molecule has 0 aliphatic heterocycles. The molecule has 1 aliphatic carbocycles. The van der Waals surface area contributed by atoms with E-state index in [1.54, 1.807) is 24.3 Å². The molecule has 0 nitrogen and oxygen atoms in total. The highest BCUT2D eigenvalue weighted by molar-refractivity contribution is 5.80. The number of hydrogen-bond donors (Lipinski definition) is 0. The van der Waals surface area contributed by atoms with E-state index in [9.17, 15) is 0 Å². The van der Waals surface area contributed by atoms with Crippen LogP contribution in [0.5, 0.6) is 0 Å². The van der Waals surface area contributed by atoms with Crippen molar-refractivity contribution in [2.24, 2.45) is 0 Å². The maximum absolute atomic E-state index is 3.72. The van der Waals surface area contributed by atoms with Gasteiger partial charge in [0, 0.05) is 0 Å². The molecule has 0 spiro atoms. The van der Waals surface area contributed by atoms with Gasteiger partial charge in [-0.05, 0) is 22.3 Å². The second kappa shape index (κ2) is 5.72. The summed E-state index contributed by atoms with van der Waals surface area (Å²) in [6.45, 7) is 14.9. The van der Waals surface area contributed by atoms with Crippen LogP contribution < -0.4 is 0 Å². The first kappa shape index (κ1) is 12.0. The average Bonchev–Trinajstić information content (AvgIpc) is 2.30. The molecule has 0 aromatic carbocycles. The van der Waals surface area contributed by atoms with Gasteiger partial charge >= 0.3 is 0 Å². The largest absolute Gasteiger partial charge is 0.0990 e. The molecule has 1 rings (SSSR count). The summed E-state index contributed by atoms with van der Waals surface area (Å²) in [5.74, 6) is 0. The highest BCUT2D eigenvalue weighted by Crippen LogP contribution is 2.44. The Morgan fingerprint density at radius 1 is 0.438 bits per heavy atom. The molecule has 1 aliphatic rings. The molecule has 80 valence electrons. The quantitative estimate of drug-likeness (QED) is 0.640. The number of allylic oxidation sites excluding steroid dienone is 12. The van der Waals surface area contributed by atoms with Crippen LogP contribution in [0.3, 0.4) is 0 Å². The fraction of sp³-hybridized carbons (Fsp3) is 0. The monoisotopic (exact) mass is 208 g/mol. The van der Waals surface area contributed by atoms with Gasteiger partial charge in [0.1, 0.15) is 0 Å². The summed E-state index contributed by atoms with van der Waals surface area (Å²) in [7, 11) is 0. The molecule has 1 saturated carbocycles. The Kier molecular flexibility index (Phi) is 4.28. The van der Waals surface area contributed by atoms with Gasteiger partial charge in [-0.1, -0.05) is 74.9 Å². The first-order chi connectivity index (χ1) is 7.79. The molecule has 1 fully saturated rings. The van der Waals surface area contributed by atoms with Gasteiger partial charge in [0.15, 0.2) is 0 Å². The van der Waals surface area contributed by atoms with E-state index in [-0.39, 0.29) is 0 Å². The zero-order valence-electron chi connectivity index (χ0n) is 9.45. The van der Waals surface area contributed by atoms with Crippen LogP contribution in [0.1, 0.15) is 0 Å². The van der Waals surface area contributed by atoms with Crippen LogP contribution in [0.15, 0.2) is 97.2 Å². The van der Waals surface area contributed by atoms with E-state index in [1.165, 1.54) is 22.3 Å². The molecule has 16 heavy (non-hydrogen) atoms. The Morgan fingerprint density at radius 2 is 0.625 bits per heavy atom. The van der Waals surface area contributed by atoms with Crippen molar-refractivity contribution in [2.45, 2.75) is 0 Å². The first-order valence-corrected chi connectivity index (χ1v) is 5.12. The van der Waals surface area contributed by atoms with E-state index in [2.05, 4.69) is 26.3 Å². The predicted molar refractivity (Wildman–Crippen MR) is 73.1 cm³/mol. The summed E-state index contributed by atoms with van der Waals surface area (Å²) in [6.07, 6.45) is 15.1. The molecule has 0 unspecified atom stereocenters. The van der Waals surface area contributed by atoms with Crippen molar-refractivity contribution in [3.05, 3.63) is 97.2 Å². The molecule has 0 atom stereocenters. The summed E-state index contributed by atoms with van der Waals surface area (Å²) in [4.78, 5) is 0. The summed E-state index contributed by atoms with van der Waals surface area (Å²) in [5, 5.41) is 0. The minimum Gasteiger partial charge on any atom is -0.0990 e. The maximum Gasteiger partial charge on any atom is -0.00992 e. The fourth-order valence-electron chi connectivity index (χ4n) is 1.71. The van der Waals surface area contributed by atoms with E-state index in [0.29, 0.717) is 0 Å². The van der Waals surface area contributed by atoms with Crippen molar-refractivity contribution >= 4 is 0 Å². The van der Waals surface area contributed by atoms with Crippen LogP contribution in [0.4, 0.5) is 0 Å². The summed E-state index contributed by atoms with van der Waals surface area (Å²) in [5.41, 5.74) is 4.68. The second-order valence-electron chi connectivity index (χ2n) is 3.26. The van der Waals surface area contributed by atoms with Gasteiger partial charge in [-0.25, -0.2) is 0 Å². The van der Waals surface area contributed by atoms with Crippen LogP contribution in [0.2, 0.25) is 0 Å². The predicted octanol–water partition coefficient (Wildman–Crippen LogP) is 4.45. The molecular formula is C16H16. The van der Waals surface area contributed by atoms with E-state index in [1.807, 2.05) is 24.3 Å². The summed E-state index contributed by atoms with van der Waals surface area (Å²) < 4.78 is 0. The number of hydrogen-bond acceptors (Lipinski definition) is 0. The molecular weight excluding hydrogens is 192 g/mol. The molecule has 0 bridgehead atoms. The van der Waals surface area contributed by atoms with E-state index >= 15 is 0 Å². The van der Waals surface area contributed by atoms with E-state index < -0.39 is 0 Å². The number of rotatable bonds is 4. The highest BCUT2D eigenvalue weighted by atomic mass is 14.3. The van der Waals surface area contributed by atoms with Crippen molar-refractivity contribution in [1.29, 1.82) is 0 Å². The lowest BCUT2D eigenvalue weighted by molar-refractivity contribution is 1.24. The lowest BCUT2D eigenvalue weighted by atomic mass is 9.73. The van der Waals surface area contributed by atoms with Crippen molar-refractivity contribution in [2.75, 3.05) is 0 Å². The van der Waals surface area contributed by atoms with Gasteiger partial charge in [-0.2, -0.15) is 0 Å². The smallest absolute Gasteiger partial charge is 0.00992 e. The van der Waals surface area contributed by atoms with E-state index in [4.69, 9.17) is 0 Å². The average molecular weight is 208 g/mol. The van der Waals surface area contributed by atoms with Crippen molar-refractivity contribution in [3.8, 4) is 0 Å². The van der Waals surface area contributed by atoms with Gasteiger partial charge in [-0.15, -0.1) is 0 Å². The Balaban J connectivity index is 3.29. The Bertz CT molecular complexity index is 344. The van der Waals surface area contributed by atoms with Crippen LogP contribution >= 0.6 is 0 Å². The van der Waals surface area contributed by atoms with Crippen molar-refractivity contribution < 1.29 is 0 Å². The van der Waals surface area contributed by atoms with Crippen LogP contribution in [0, 0.1) is 0 Å². The standard InChI is InChI=1S/C16H16/c1-5-9-13-14(10-6-2)16(12-8-4)15(13)11-7-3/h5-12H,1-4H2. The third-order valence-electron chi connectivity index (χ3n) is 2.30. The molecule has 0 heterocycles. The van der Waals surface area contributed by atoms with Crippen LogP contribution in [-0.4, -0.2) is 0 Å². The van der Waals surface area contributed by atoms with Crippen LogP contribution in [-0.2, 0) is 0 Å². The zero-order valence-corrected chi connectivity index (χ0v) is 9.45. The van der Waals surface area contributed by atoms with Crippen molar-refractivity contribution in [1.82, 2.24) is 0 Å².